The second-order valence-electron chi connectivity index (χ2n) is 6.45. The summed E-state index contributed by atoms with van der Waals surface area (Å²) in [5.74, 6) is 0.595. The highest BCUT2D eigenvalue weighted by Gasteiger charge is 2.34. The molecule has 0 saturated carbocycles. The Bertz CT molecular complexity index is 961. The van der Waals surface area contributed by atoms with Crippen molar-refractivity contribution in [2.24, 2.45) is 0 Å². The summed E-state index contributed by atoms with van der Waals surface area (Å²) < 4.78 is 8.31. The molecule has 2 atom stereocenters. The monoisotopic (exact) mass is 443 g/mol. The zero-order chi connectivity index (χ0) is 18.8. The Morgan fingerprint density at radius 1 is 1.15 bits per heavy atom. The summed E-state index contributed by atoms with van der Waals surface area (Å²) in [6.45, 7) is 2.55. The first-order valence-electron chi connectivity index (χ1n) is 8.71. The van der Waals surface area contributed by atoms with Gasteiger partial charge in [-0.15, -0.1) is 10.2 Å². The molecule has 0 amide bonds. The molecule has 7 heteroatoms. The molecule has 0 radical (unpaired) electrons. The summed E-state index contributed by atoms with van der Waals surface area (Å²) in [6, 6.07) is 18.1. The van der Waals surface area contributed by atoms with Crippen LogP contribution in [-0.2, 0) is 16.1 Å². The fraction of sp³-hybridized carbons (Fsp3) is 0.250. The number of hydrogen-bond acceptors (Lipinski definition) is 5. The van der Waals surface area contributed by atoms with Crippen LogP contribution >= 0.6 is 27.7 Å². The van der Waals surface area contributed by atoms with E-state index in [-0.39, 0.29) is 17.3 Å². The Labute approximate surface area is 170 Å². The number of halogens is 1. The van der Waals surface area contributed by atoms with Gasteiger partial charge in [0.15, 0.2) is 11.0 Å². The molecule has 1 aromatic heterocycles. The molecule has 1 fully saturated rings. The topological polar surface area (TPSA) is 57.0 Å². The van der Waals surface area contributed by atoms with Crippen LogP contribution in [0, 0.1) is 0 Å². The number of aromatic nitrogens is 3. The standard InChI is InChI=1S/C20H18BrN3O2S/c1-13-11-17(19(25)26-13)27-20-23-22-18(15-9-5-6-10-16(15)21)24(20)12-14-7-3-2-4-8-14/h2-10,13,17H,11-12H2,1H3/t13-,17-/m1/s1. The smallest absolute Gasteiger partial charge is 0.319 e. The molecule has 1 saturated heterocycles. The van der Waals surface area contributed by atoms with Crippen molar-refractivity contribution in [2.75, 3.05) is 0 Å². The molecule has 1 aliphatic heterocycles. The normalized spacial score (nSPS) is 19.3. The Morgan fingerprint density at radius 3 is 2.59 bits per heavy atom. The van der Waals surface area contributed by atoms with Crippen LogP contribution in [-0.4, -0.2) is 32.1 Å². The number of hydrogen-bond donors (Lipinski definition) is 0. The molecule has 0 spiro atoms. The SMILES string of the molecule is C[C@@H]1C[C@@H](Sc2nnc(-c3ccccc3Br)n2Cc2ccccc2)C(=O)O1. The molecular weight excluding hydrogens is 426 g/mol. The van der Waals surface area contributed by atoms with E-state index < -0.39 is 0 Å². The van der Waals surface area contributed by atoms with Crippen LogP contribution in [0.3, 0.4) is 0 Å². The highest BCUT2D eigenvalue weighted by atomic mass is 79.9. The number of carbonyl (C=O) groups is 1. The molecule has 0 aliphatic carbocycles. The molecule has 4 rings (SSSR count). The molecule has 0 unspecified atom stereocenters. The van der Waals surface area contributed by atoms with Crippen molar-refractivity contribution in [2.45, 2.75) is 36.4 Å². The highest BCUT2D eigenvalue weighted by Crippen LogP contribution is 2.35. The van der Waals surface area contributed by atoms with Gasteiger partial charge in [-0.3, -0.25) is 9.36 Å². The first kappa shape index (κ1) is 18.3. The molecule has 138 valence electrons. The van der Waals surface area contributed by atoms with Crippen LogP contribution < -0.4 is 0 Å². The van der Waals surface area contributed by atoms with E-state index >= 15 is 0 Å². The lowest BCUT2D eigenvalue weighted by atomic mass is 10.2. The maximum Gasteiger partial charge on any atom is 0.319 e. The number of thioether (sulfide) groups is 1. The van der Waals surface area contributed by atoms with Crippen LogP contribution in [0.5, 0.6) is 0 Å². The Morgan fingerprint density at radius 2 is 1.89 bits per heavy atom. The van der Waals surface area contributed by atoms with E-state index in [0.717, 1.165) is 26.6 Å². The van der Waals surface area contributed by atoms with Crippen LogP contribution in [0.4, 0.5) is 0 Å². The van der Waals surface area contributed by atoms with Crippen molar-refractivity contribution >= 4 is 33.7 Å². The summed E-state index contributed by atoms with van der Waals surface area (Å²) in [5.41, 5.74) is 2.12. The minimum absolute atomic E-state index is 0.0526. The quantitative estimate of drug-likeness (QED) is 0.541. The van der Waals surface area contributed by atoms with Gasteiger partial charge in [0.05, 0.1) is 6.54 Å². The van der Waals surface area contributed by atoms with Crippen LogP contribution in [0.2, 0.25) is 0 Å². The predicted octanol–water partition coefficient (Wildman–Crippen LogP) is 4.55. The average Bonchev–Trinajstić information content (AvgIpc) is 3.19. The third-order valence-electron chi connectivity index (χ3n) is 4.39. The molecule has 0 bridgehead atoms. The van der Waals surface area contributed by atoms with Gasteiger partial charge in [-0.2, -0.15) is 0 Å². The lowest BCUT2D eigenvalue weighted by Crippen LogP contribution is -2.12. The summed E-state index contributed by atoms with van der Waals surface area (Å²) in [4.78, 5) is 12.1. The number of benzene rings is 2. The number of ether oxygens (including phenoxy) is 1. The summed E-state index contributed by atoms with van der Waals surface area (Å²) in [7, 11) is 0. The van der Waals surface area contributed by atoms with Crippen LogP contribution in [0.25, 0.3) is 11.4 Å². The lowest BCUT2D eigenvalue weighted by Gasteiger charge is -2.12. The average molecular weight is 444 g/mol. The van der Waals surface area contributed by atoms with Crippen molar-refractivity contribution < 1.29 is 9.53 Å². The van der Waals surface area contributed by atoms with E-state index in [1.807, 2.05) is 49.4 Å². The molecule has 3 aromatic rings. The zero-order valence-corrected chi connectivity index (χ0v) is 17.1. The molecule has 0 N–H and O–H groups in total. The fourth-order valence-corrected chi connectivity index (χ4v) is 4.67. The Balaban J connectivity index is 1.73. The largest absolute Gasteiger partial charge is 0.462 e. The van der Waals surface area contributed by atoms with Gasteiger partial charge in [0.2, 0.25) is 0 Å². The fourth-order valence-electron chi connectivity index (χ4n) is 3.07. The Kier molecular flexibility index (Phi) is 5.31. The van der Waals surface area contributed by atoms with E-state index in [0.29, 0.717) is 13.0 Å². The maximum atomic E-state index is 12.1. The number of esters is 1. The van der Waals surface area contributed by atoms with Crippen molar-refractivity contribution in [1.29, 1.82) is 0 Å². The van der Waals surface area contributed by atoms with Gasteiger partial charge in [0.25, 0.3) is 0 Å². The molecular formula is C20H18BrN3O2S. The maximum absolute atomic E-state index is 12.1. The number of nitrogens with zero attached hydrogens (tertiary/aromatic N) is 3. The Hall–Kier alpha value is -2.12. The first-order valence-corrected chi connectivity index (χ1v) is 10.4. The summed E-state index contributed by atoms with van der Waals surface area (Å²) in [5, 5.41) is 9.32. The minimum Gasteiger partial charge on any atom is -0.462 e. The highest BCUT2D eigenvalue weighted by molar-refractivity contribution is 9.10. The number of rotatable bonds is 5. The van der Waals surface area contributed by atoms with Gasteiger partial charge in [-0.05, 0) is 18.6 Å². The number of carbonyl (C=O) groups excluding carboxylic acids is 1. The van der Waals surface area contributed by atoms with Crippen LogP contribution in [0.15, 0.2) is 64.2 Å². The summed E-state index contributed by atoms with van der Waals surface area (Å²) >= 11 is 5.04. The van der Waals surface area contributed by atoms with Gasteiger partial charge in [0.1, 0.15) is 11.4 Å². The van der Waals surface area contributed by atoms with Gasteiger partial charge >= 0.3 is 5.97 Å². The third-order valence-corrected chi connectivity index (χ3v) is 6.26. The van der Waals surface area contributed by atoms with E-state index in [4.69, 9.17) is 4.74 Å². The van der Waals surface area contributed by atoms with E-state index in [2.05, 4.69) is 42.8 Å². The zero-order valence-electron chi connectivity index (χ0n) is 14.7. The minimum atomic E-state index is -0.245. The molecule has 2 heterocycles. The van der Waals surface area contributed by atoms with Crippen molar-refractivity contribution in [1.82, 2.24) is 14.8 Å². The van der Waals surface area contributed by atoms with Crippen molar-refractivity contribution in [3.63, 3.8) is 0 Å². The predicted molar refractivity (Wildman–Crippen MR) is 109 cm³/mol. The van der Waals surface area contributed by atoms with Crippen LogP contribution in [0.1, 0.15) is 18.9 Å². The number of cyclic esters (lactones) is 1. The van der Waals surface area contributed by atoms with Gasteiger partial charge < -0.3 is 4.74 Å². The molecule has 1 aliphatic rings. The molecule has 5 nitrogen and oxygen atoms in total. The van der Waals surface area contributed by atoms with E-state index in [1.54, 1.807) is 0 Å². The van der Waals surface area contributed by atoms with Gasteiger partial charge in [-0.1, -0.05) is 76.2 Å². The van der Waals surface area contributed by atoms with E-state index in [9.17, 15) is 4.79 Å². The lowest BCUT2D eigenvalue weighted by molar-refractivity contribution is -0.140. The van der Waals surface area contributed by atoms with Crippen molar-refractivity contribution in [3.05, 3.63) is 64.6 Å². The molecule has 27 heavy (non-hydrogen) atoms. The van der Waals surface area contributed by atoms with E-state index in [1.165, 1.54) is 11.8 Å². The first-order chi connectivity index (χ1) is 13.1. The van der Waals surface area contributed by atoms with Gasteiger partial charge in [-0.25, -0.2) is 0 Å². The second-order valence-corrected chi connectivity index (χ2v) is 8.47. The molecule has 2 aromatic carbocycles. The summed E-state index contributed by atoms with van der Waals surface area (Å²) in [6.07, 6.45) is 0.634. The van der Waals surface area contributed by atoms with Crippen molar-refractivity contribution in [3.8, 4) is 11.4 Å². The third kappa shape index (κ3) is 3.94. The van der Waals surface area contributed by atoms with Gasteiger partial charge in [0, 0.05) is 16.5 Å². The second kappa shape index (κ2) is 7.86.